The lowest BCUT2D eigenvalue weighted by Gasteiger charge is -2.18. The number of nitro benzene ring substituents is 1. The lowest BCUT2D eigenvalue weighted by atomic mass is 10.2. The Morgan fingerprint density at radius 2 is 2.06 bits per heavy atom. The van der Waals surface area contributed by atoms with Crippen molar-refractivity contribution in [2.24, 2.45) is 0 Å². The molecule has 0 amide bonds. The van der Waals surface area contributed by atoms with E-state index >= 15 is 0 Å². The predicted molar refractivity (Wildman–Crippen MR) is 59.6 cm³/mol. The van der Waals surface area contributed by atoms with Crippen LogP contribution in [0.2, 0.25) is 0 Å². The maximum atomic E-state index is 10.6. The highest BCUT2D eigenvalue weighted by molar-refractivity contribution is 5.43. The van der Waals surface area contributed by atoms with E-state index in [0.29, 0.717) is 5.75 Å². The van der Waals surface area contributed by atoms with Crippen LogP contribution >= 0.6 is 0 Å². The normalized spacial score (nSPS) is 14.2. The molecule has 0 saturated heterocycles. The number of ether oxygens (including phenoxy) is 1. The molecule has 0 spiro atoms. The zero-order valence-electron chi connectivity index (χ0n) is 9.51. The van der Waals surface area contributed by atoms with Gasteiger partial charge in [-0.15, -0.1) is 0 Å². The number of aliphatic hydroxyl groups excluding tert-OH is 1. The quantitative estimate of drug-likeness (QED) is 0.628. The van der Waals surface area contributed by atoms with Crippen molar-refractivity contribution < 1.29 is 14.8 Å². The van der Waals surface area contributed by atoms with E-state index in [1.807, 2.05) is 0 Å². The average molecular weight is 225 g/mol. The van der Waals surface area contributed by atoms with E-state index < -0.39 is 17.1 Å². The smallest absolute Gasteiger partial charge is 0.273 e. The summed E-state index contributed by atoms with van der Waals surface area (Å²) >= 11 is 0. The molecule has 88 valence electrons. The van der Waals surface area contributed by atoms with Crippen molar-refractivity contribution in [3.63, 3.8) is 0 Å². The maximum Gasteiger partial charge on any atom is 0.273 e. The second-order valence-corrected chi connectivity index (χ2v) is 3.77. The number of aryl methyl sites for hydroxylation is 1. The van der Waals surface area contributed by atoms with E-state index in [4.69, 9.17) is 4.74 Å². The molecule has 16 heavy (non-hydrogen) atoms. The Labute approximate surface area is 93.8 Å². The molecule has 0 radical (unpaired) electrons. The Morgan fingerprint density at radius 1 is 1.44 bits per heavy atom. The molecule has 0 aliphatic carbocycles. The van der Waals surface area contributed by atoms with Crippen molar-refractivity contribution in [3.05, 3.63) is 33.9 Å². The number of aliphatic hydroxyl groups is 1. The van der Waals surface area contributed by atoms with Crippen LogP contribution in [0, 0.1) is 17.0 Å². The fraction of sp³-hybridized carbons (Fsp3) is 0.455. The van der Waals surface area contributed by atoms with E-state index in [0.717, 1.165) is 5.56 Å². The summed E-state index contributed by atoms with van der Waals surface area (Å²) in [6, 6.07) is 4.42. The van der Waals surface area contributed by atoms with Crippen LogP contribution < -0.4 is 4.74 Å². The fourth-order valence-electron chi connectivity index (χ4n) is 1.13. The molecule has 5 heteroatoms. The molecule has 1 aromatic carbocycles. The van der Waals surface area contributed by atoms with Crippen molar-refractivity contribution >= 4 is 5.69 Å². The van der Waals surface area contributed by atoms with E-state index in [1.54, 1.807) is 26.8 Å². The monoisotopic (exact) mass is 225 g/mol. The first-order valence-electron chi connectivity index (χ1n) is 5.01. The minimum atomic E-state index is -0.626. The van der Waals surface area contributed by atoms with E-state index in [2.05, 4.69) is 0 Å². The van der Waals surface area contributed by atoms with Crippen LogP contribution in [-0.4, -0.2) is 22.2 Å². The van der Waals surface area contributed by atoms with E-state index in [9.17, 15) is 15.2 Å². The Bertz CT molecular complexity index is 390. The first-order chi connectivity index (χ1) is 7.41. The third-order valence-electron chi connectivity index (χ3n) is 2.37. The third kappa shape index (κ3) is 2.93. The first-order valence-corrected chi connectivity index (χ1v) is 5.01. The molecule has 1 aromatic rings. The molecule has 2 atom stereocenters. The van der Waals surface area contributed by atoms with Crippen LogP contribution in [0.1, 0.15) is 19.4 Å². The summed E-state index contributed by atoms with van der Waals surface area (Å²) in [5.41, 5.74) is 0.788. The molecule has 0 fully saturated rings. The van der Waals surface area contributed by atoms with Gasteiger partial charge < -0.3 is 9.84 Å². The molecule has 0 aliphatic heterocycles. The maximum absolute atomic E-state index is 10.6. The number of rotatable bonds is 4. The summed E-state index contributed by atoms with van der Waals surface area (Å²) in [5.74, 6) is 0.433. The van der Waals surface area contributed by atoms with E-state index in [-0.39, 0.29) is 5.69 Å². The molecule has 0 aliphatic rings. The van der Waals surface area contributed by atoms with Crippen molar-refractivity contribution in [1.29, 1.82) is 0 Å². The molecular formula is C11H15NO4. The van der Waals surface area contributed by atoms with Gasteiger partial charge in [-0.3, -0.25) is 10.1 Å². The van der Waals surface area contributed by atoms with Gasteiger partial charge in [0.1, 0.15) is 11.9 Å². The number of nitro groups is 1. The summed E-state index contributed by atoms with van der Waals surface area (Å²) < 4.78 is 5.44. The highest BCUT2D eigenvalue weighted by Crippen LogP contribution is 2.25. The largest absolute Gasteiger partial charge is 0.487 e. The van der Waals surface area contributed by atoms with E-state index in [1.165, 1.54) is 12.1 Å². The highest BCUT2D eigenvalue weighted by Gasteiger charge is 2.14. The van der Waals surface area contributed by atoms with Gasteiger partial charge in [0.25, 0.3) is 5.69 Å². The summed E-state index contributed by atoms with van der Waals surface area (Å²) in [7, 11) is 0. The zero-order valence-corrected chi connectivity index (χ0v) is 9.51. The van der Waals surface area contributed by atoms with Gasteiger partial charge in [-0.25, -0.2) is 0 Å². The minimum absolute atomic E-state index is 0.0154. The van der Waals surface area contributed by atoms with Gasteiger partial charge in [0.15, 0.2) is 0 Å². The second-order valence-electron chi connectivity index (χ2n) is 3.77. The molecule has 0 bridgehead atoms. The summed E-state index contributed by atoms with van der Waals surface area (Å²) in [6.45, 7) is 5.12. The Morgan fingerprint density at radius 3 is 2.56 bits per heavy atom. The van der Waals surface area contributed by atoms with Crippen molar-refractivity contribution in [2.75, 3.05) is 0 Å². The highest BCUT2D eigenvalue weighted by atomic mass is 16.6. The molecule has 0 aromatic heterocycles. The second kappa shape index (κ2) is 4.94. The predicted octanol–water partition coefficient (Wildman–Crippen LogP) is 2.05. The Kier molecular flexibility index (Phi) is 3.84. The topological polar surface area (TPSA) is 72.6 Å². The number of hydrogen-bond acceptors (Lipinski definition) is 4. The van der Waals surface area contributed by atoms with Gasteiger partial charge in [0.05, 0.1) is 17.1 Å². The number of non-ortho nitro benzene ring substituents is 1. The summed E-state index contributed by atoms with van der Waals surface area (Å²) in [6.07, 6.45) is -1.03. The minimum Gasteiger partial charge on any atom is -0.487 e. The summed E-state index contributed by atoms with van der Waals surface area (Å²) in [4.78, 5) is 10.1. The molecule has 2 unspecified atom stereocenters. The fourth-order valence-corrected chi connectivity index (χ4v) is 1.13. The third-order valence-corrected chi connectivity index (χ3v) is 2.37. The van der Waals surface area contributed by atoms with Gasteiger partial charge in [-0.2, -0.15) is 0 Å². The lowest BCUT2D eigenvalue weighted by Crippen LogP contribution is -2.25. The van der Waals surface area contributed by atoms with Gasteiger partial charge >= 0.3 is 0 Å². The molecule has 5 nitrogen and oxygen atoms in total. The molecular weight excluding hydrogens is 210 g/mol. The lowest BCUT2D eigenvalue weighted by molar-refractivity contribution is -0.385. The number of benzene rings is 1. The summed E-state index contributed by atoms with van der Waals surface area (Å²) in [5, 5.41) is 19.9. The standard InChI is InChI=1S/C11H15NO4/c1-7-4-5-10(12(14)15)6-11(7)16-9(3)8(2)13/h4-6,8-9,13H,1-3H3. The first kappa shape index (κ1) is 12.4. The average Bonchev–Trinajstić information content (AvgIpc) is 2.20. The van der Waals surface area contributed by atoms with Crippen LogP contribution in [-0.2, 0) is 0 Å². The van der Waals surface area contributed by atoms with Gasteiger partial charge in [-0.05, 0) is 32.4 Å². The van der Waals surface area contributed by atoms with Crippen LogP contribution in [0.25, 0.3) is 0 Å². The van der Waals surface area contributed by atoms with Crippen LogP contribution in [0.3, 0.4) is 0 Å². The van der Waals surface area contributed by atoms with Crippen LogP contribution in [0.15, 0.2) is 18.2 Å². The van der Waals surface area contributed by atoms with Crippen LogP contribution in [0.4, 0.5) is 5.69 Å². The number of nitrogens with zero attached hydrogens (tertiary/aromatic N) is 1. The van der Waals surface area contributed by atoms with Crippen molar-refractivity contribution in [2.45, 2.75) is 33.0 Å². The van der Waals surface area contributed by atoms with Gasteiger partial charge in [0.2, 0.25) is 0 Å². The molecule has 0 saturated carbocycles. The molecule has 0 heterocycles. The molecule has 1 N–H and O–H groups in total. The van der Waals surface area contributed by atoms with Crippen LogP contribution in [0.5, 0.6) is 5.75 Å². The van der Waals surface area contributed by atoms with Crippen molar-refractivity contribution in [1.82, 2.24) is 0 Å². The SMILES string of the molecule is Cc1ccc([N+](=O)[O-])cc1OC(C)C(C)O. The van der Waals surface area contributed by atoms with Gasteiger partial charge in [-0.1, -0.05) is 0 Å². The van der Waals surface area contributed by atoms with Gasteiger partial charge in [0, 0.05) is 6.07 Å². The molecule has 1 rings (SSSR count). The number of hydrogen-bond donors (Lipinski definition) is 1. The van der Waals surface area contributed by atoms with Crippen molar-refractivity contribution in [3.8, 4) is 5.75 Å². The Balaban J connectivity index is 2.94. The Hall–Kier alpha value is -1.62. The zero-order chi connectivity index (χ0) is 12.3.